The lowest BCUT2D eigenvalue weighted by Gasteiger charge is -2.41. The maximum absolute atomic E-state index is 13.3. The van der Waals surface area contributed by atoms with Gasteiger partial charge in [-0.3, -0.25) is 0 Å². The summed E-state index contributed by atoms with van der Waals surface area (Å²) in [5.41, 5.74) is 1.67. The van der Waals surface area contributed by atoms with E-state index >= 15 is 0 Å². The van der Waals surface area contributed by atoms with Gasteiger partial charge in [0.1, 0.15) is 5.82 Å². The molecule has 1 saturated carbocycles. The molecule has 2 rings (SSSR count). The molecule has 0 radical (unpaired) electrons. The summed E-state index contributed by atoms with van der Waals surface area (Å²) < 4.78 is 13.9. The average molecular weight is 342 g/mol. The van der Waals surface area contributed by atoms with Gasteiger partial charge in [0.2, 0.25) is 0 Å². The van der Waals surface area contributed by atoms with E-state index in [0.29, 0.717) is 15.8 Å². The molecule has 2 unspecified atom stereocenters. The van der Waals surface area contributed by atoms with Gasteiger partial charge >= 0.3 is 0 Å². The van der Waals surface area contributed by atoms with Gasteiger partial charge in [0.05, 0.1) is 4.47 Å². The minimum atomic E-state index is -0.176. The predicted octanol–water partition coefficient (Wildman–Crippen LogP) is 4.79. The molecular weight excluding hydrogens is 317 g/mol. The first-order chi connectivity index (χ1) is 9.41. The van der Waals surface area contributed by atoms with E-state index in [2.05, 4.69) is 35.1 Å². The summed E-state index contributed by atoms with van der Waals surface area (Å²) in [6.07, 6.45) is 4.91. The molecule has 1 aromatic rings. The van der Waals surface area contributed by atoms with Crippen LogP contribution in [0.1, 0.15) is 38.7 Å². The van der Waals surface area contributed by atoms with Crippen molar-refractivity contribution in [2.24, 2.45) is 17.3 Å². The molecular formula is C17H25BrFN. The Hall–Kier alpha value is -0.410. The molecule has 1 fully saturated rings. The molecule has 0 bridgehead atoms. The first kappa shape index (κ1) is 16.0. The van der Waals surface area contributed by atoms with Crippen molar-refractivity contribution in [3.05, 3.63) is 34.1 Å². The molecule has 0 aliphatic heterocycles. The minimum absolute atomic E-state index is 0.176. The molecule has 1 nitrogen and oxygen atoms in total. The third-order valence-electron chi connectivity index (χ3n) is 4.62. The molecule has 1 N–H and O–H groups in total. The van der Waals surface area contributed by atoms with Crippen LogP contribution in [0.3, 0.4) is 0 Å². The standard InChI is InChI=1S/C17H25BrFN/c1-17(2)7-6-13(11-20-3)14(10-17)8-12-4-5-16(19)15(18)9-12/h4-5,9,13-14,20H,6-8,10-11H2,1-3H3. The van der Waals surface area contributed by atoms with Gasteiger partial charge in [-0.15, -0.1) is 0 Å². The normalized spacial score (nSPS) is 25.6. The Bertz CT molecular complexity index is 458. The van der Waals surface area contributed by atoms with Crippen molar-refractivity contribution in [2.45, 2.75) is 39.5 Å². The zero-order chi connectivity index (χ0) is 14.8. The molecule has 1 aromatic carbocycles. The Balaban J connectivity index is 2.11. The van der Waals surface area contributed by atoms with Gasteiger partial charge in [0, 0.05) is 0 Å². The van der Waals surface area contributed by atoms with Crippen LogP contribution < -0.4 is 5.32 Å². The second-order valence-corrected chi connectivity index (χ2v) is 7.79. The summed E-state index contributed by atoms with van der Waals surface area (Å²) >= 11 is 3.29. The Labute approximate surface area is 130 Å². The maximum Gasteiger partial charge on any atom is 0.137 e. The quantitative estimate of drug-likeness (QED) is 0.829. The monoisotopic (exact) mass is 341 g/mol. The van der Waals surface area contributed by atoms with E-state index in [4.69, 9.17) is 0 Å². The highest BCUT2D eigenvalue weighted by atomic mass is 79.9. The fourth-order valence-corrected chi connectivity index (χ4v) is 3.96. The van der Waals surface area contributed by atoms with E-state index in [1.807, 2.05) is 19.2 Å². The summed E-state index contributed by atoms with van der Waals surface area (Å²) in [5.74, 6) is 1.24. The van der Waals surface area contributed by atoms with Gasteiger partial charge in [-0.2, -0.15) is 0 Å². The summed E-state index contributed by atoms with van der Waals surface area (Å²) in [7, 11) is 2.03. The van der Waals surface area contributed by atoms with Gasteiger partial charge in [-0.1, -0.05) is 19.9 Å². The highest BCUT2D eigenvalue weighted by Crippen LogP contribution is 2.43. The predicted molar refractivity (Wildman–Crippen MR) is 86.3 cm³/mol. The number of nitrogens with one attached hydrogen (secondary N) is 1. The van der Waals surface area contributed by atoms with Crippen molar-refractivity contribution in [3.8, 4) is 0 Å². The van der Waals surface area contributed by atoms with Crippen LogP contribution >= 0.6 is 15.9 Å². The molecule has 0 saturated heterocycles. The second-order valence-electron chi connectivity index (χ2n) is 6.94. The van der Waals surface area contributed by atoms with Crippen LogP contribution in [-0.4, -0.2) is 13.6 Å². The second kappa shape index (κ2) is 6.57. The Morgan fingerprint density at radius 2 is 2.10 bits per heavy atom. The molecule has 112 valence electrons. The Kier molecular flexibility index (Phi) is 5.25. The molecule has 1 aliphatic carbocycles. The molecule has 0 spiro atoms. The van der Waals surface area contributed by atoms with Crippen LogP contribution in [-0.2, 0) is 6.42 Å². The van der Waals surface area contributed by atoms with Crippen molar-refractivity contribution in [2.75, 3.05) is 13.6 Å². The average Bonchev–Trinajstić information content (AvgIpc) is 2.37. The van der Waals surface area contributed by atoms with Crippen LogP contribution in [0.2, 0.25) is 0 Å². The Morgan fingerprint density at radius 1 is 1.35 bits per heavy atom. The largest absolute Gasteiger partial charge is 0.319 e. The van der Waals surface area contributed by atoms with E-state index in [0.717, 1.165) is 18.9 Å². The number of hydrogen-bond acceptors (Lipinski definition) is 1. The third kappa shape index (κ3) is 4.05. The summed E-state index contributed by atoms with van der Waals surface area (Å²) in [5, 5.41) is 3.33. The van der Waals surface area contributed by atoms with Crippen LogP contribution in [0.25, 0.3) is 0 Å². The van der Waals surface area contributed by atoms with Gasteiger partial charge < -0.3 is 5.32 Å². The topological polar surface area (TPSA) is 12.0 Å². The number of benzene rings is 1. The minimum Gasteiger partial charge on any atom is -0.319 e. The Morgan fingerprint density at radius 3 is 2.75 bits per heavy atom. The summed E-state index contributed by atoms with van der Waals surface area (Å²) in [6.45, 7) is 5.83. The molecule has 2 atom stereocenters. The van der Waals surface area contributed by atoms with Gasteiger partial charge in [-0.05, 0) is 90.2 Å². The molecule has 0 amide bonds. The molecule has 0 aromatic heterocycles. The summed E-state index contributed by atoms with van der Waals surface area (Å²) in [4.78, 5) is 0. The van der Waals surface area contributed by atoms with Crippen molar-refractivity contribution in [1.29, 1.82) is 0 Å². The fourth-order valence-electron chi connectivity index (χ4n) is 3.53. The van der Waals surface area contributed by atoms with E-state index in [-0.39, 0.29) is 5.82 Å². The first-order valence-corrected chi connectivity index (χ1v) is 8.29. The van der Waals surface area contributed by atoms with Gasteiger partial charge in [-0.25, -0.2) is 4.39 Å². The van der Waals surface area contributed by atoms with Crippen LogP contribution in [0.5, 0.6) is 0 Å². The van der Waals surface area contributed by atoms with Crippen LogP contribution in [0, 0.1) is 23.1 Å². The lowest BCUT2D eigenvalue weighted by molar-refractivity contribution is 0.117. The van der Waals surface area contributed by atoms with E-state index in [1.54, 1.807) is 6.07 Å². The summed E-state index contributed by atoms with van der Waals surface area (Å²) in [6, 6.07) is 5.44. The van der Waals surface area contributed by atoms with E-state index in [1.165, 1.54) is 24.8 Å². The first-order valence-electron chi connectivity index (χ1n) is 7.50. The van der Waals surface area contributed by atoms with Crippen molar-refractivity contribution in [1.82, 2.24) is 5.32 Å². The molecule has 3 heteroatoms. The highest BCUT2D eigenvalue weighted by Gasteiger charge is 2.34. The zero-order valence-corrected chi connectivity index (χ0v) is 14.3. The van der Waals surface area contributed by atoms with E-state index < -0.39 is 0 Å². The van der Waals surface area contributed by atoms with Crippen molar-refractivity contribution in [3.63, 3.8) is 0 Å². The van der Waals surface area contributed by atoms with Crippen molar-refractivity contribution >= 4 is 15.9 Å². The van der Waals surface area contributed by atoms with Gasteiger partial charge in [0.15, 0.2) is 0 Å². The number of rotatable bonds is 4. The molecule has 1 aliphatic rings. The lowest BCUT2D eigenvalue weighted by atomic mass is 9.65. The van der Waals surface area contributed by atoms with Crippen molar-refractivity contribution < 1.29 is 4.39 Å². The van der Waals surface area contributed by atoms with Crippen LogP contribution in [0.15, 0.2) is 22.7 Å². The maximum atomic E-state index is 13.3. The smallest absolute Gasteiger partial charge is 0.137 e. The van der Waals surface area contributed by atoms with Crippen LogP contribution in [0.4, 0.5) is 4.39 Å². The molecule has 20 heavy (non-hydrogen) atoms. The number of halogens is 2. The fraction of sp³-hybridized carbons (Fsp3) is 0.647. The third-order valence-corrected chi connectivity index (χ3v) is 5.23. The number of hydrogen-bond donors (Lipinski definition) is 1. The van der Waals surface area contributed by atoms with Gasteiger partial charge in [0.25, 0.3) is 0 Å². The lowest BCUT2D eigenvalue weighted by Crippen LogP contribution is -2.36. The SMILES string of the molecule is CNCC1CCC(C)(C)CC1Cc1ccc(F)c(Br)c1. The van der Waals surface area contributed by atoms with E-state index in [9.17, 15) is 4.39 Å². The zero-order valence-electron chi connectivity index (χ0n) is 12.7. The molecule has 0 heterocycles. The highest BCUT2D eigenvalue weighted by molar-refractivity contribution is 9.10.